The van der Waals surface area contributed by atoms with E-state index in [-0.39, 0.29) is 5.41 Å². The molecule has 0 fully saturated rings. The molecular weight excluding hydrogens is 248 g/mol. The van der Waals surface area contributed by atoms with Crippen LogP contribution in [0.2, 0.25) is 0 Å². The maximum Gasteiger partial charge on any atom is 0.138 e. The molecule has 2 N–H and O–H groups in total. The molecule has 0 spiro atoms. The van der Waals surface area contributed by atoms with Gasteiger partial charge in [0.1, 0.15) is 17.5 Å². The summed E-state index contributed by atoms with van der Waals surface area (Å²) in [5.41, 5.74) is 8.10. The highest BCUT2D eigenvalue weighted by Gasteiger charge is 2.19. The Balaban J connectivity index is 2.45. The van der Waals surface area contributed by atoms with Gasteiger partial charge in [0.15, 0.2) is 0 Å². The minimum Gasteiger partial charge on any atom is -0.384 e. The number of aryl methyl sites for hydroxylation is 1. The van der Waals surface area contributed by atoms with E-state index in [1.807, 2.05) is 18.0 Å². The molecule has 0 amide bonds. The van der Waals surface area contributed by atoms with Gasteiger partial charge in [0, 0.05) is 24.2 Å². The predicted octanol–water partition coefficient (Wildman–Crippen LogP) is 3.43. The van der Waals surface area contributed by atoms with Gasteiger partial charge in [0.25, 0.3) is 0 Å². The van der Waals surface area contributed by atoms with Gasteiger partial charge in [0.05, 0.1) is 0 Å². The minimum absolute atomic E-state index is 0.127. The van der Waals surface area contributed by atoms with Crippen LogP contribution in [0.5, 0.6) is 0 Å². The highest BCUT2D eigenvalue weighted by atomic mass is 15.2. The summed E-state index contributed by atoms with van der Waals surface area (Å²) in [5, 5.41) is 0. The molecule has 106 valence electrons. The molecular formula is C16H22N4. The van der Waals surface area contributed by atoms with Crippen LogP contribution in [0.1, 0.15) is 32.2 Å². The molecule has 0 saturated heterocycles. The molecule has 1 aromatic heterocycles. The Labute approximate surface area is 120 Å². The van der Waals surface area contributed by atoms with Crippen LogP contribution in [0.15, 0.2) is 30.3 Å². The third-order valence-electron chi connectivity index (χ3n) is 3.14. The van der Waals surface area contributed by atoms with E-state index in [4.69, 9.17) is 5.73 Å². The summed E-state index contributed by atoms with van der Waals surface area (Å²) >= 11 is 0. The number of rotatable bonds is 2. The summed E-state index contributed by atoms with van der Waals surface area (Å²) in [6.07, 6.45) is 0. The lowest BCUT2D eigenvalue weighted by Gasteiger charge is -2.23. The lowest BCUT2D eigenvalue weighted by molar-refractivity contribution is 0.546. The van der Waals surface area contributed by atoms with Crippen LogP contribution in [0.3, 0.4) is 0 Å². The average Bonchev–Trinajstić information content (AvgIpc) is 2.36. The van der Waals surface area contributed by atoms with E-state index in [9.17, 15) is 0 Å². The van der Waals surface area contributed by atoms with Gasteiger partial charge in [0.2, 0.25) is 0 Å². The minimum atomic E-state index is -0.127. The number of anilines is 3. The van der Waals surface area contributed by atoms with E-state index in [2.05, 4.69) is 55.9 Å². The fourth-order valence-corrected chi connectivity index (χ4v) is 1.93. The van der Waals surface area contributed by atoms with Crippen LogP contribution in [-0.4, -0.2) is 17.0 Å². The van der Waals surface area contributed by atoms with Gasteiger partial charge in [-0.15, -0.1) is 0 Å². The Morgan fingerprint density at radius 3 is 2.40 bits per heavy atom. The molecule has 1 heterocycles. The summed E-state index contributed by atoms with van der Waals surface area (Å²) in [6, 6.07) is 10.1. The largest absolute Gasteiger partial charge is 0.384 e. The van der Waals surface area contributed by atoms with E-state index >= 15 is 0 Å². The fourth-order valence-electron chi connectivity index (χ4n) is 1.93. The van der Waals surface area contributed by atoms with Crippen molar-refractivity contribution >= 4 is 17.3 Å². The molecule has 0 radical (unpaired) electrons. The van der Waals surface area contributed by atoms with E-state index < -0.39 is 0 Å². The molecule has 20 heavy (non-hydrogen) atoms. The van der Waals surface area contributed by atoms with Gasteiger partial charge < -0.3 is 10.6 Å². The van der Waals surface area contributed by atoms with Crippen LogP contribution in [0.4, 0.5) is 17.3 Å². The quantitative estimate of drug-likeness (QED) is 0.908. The van der Waals surface area contributed by atoms with Crippen molar-refractivity contribution in [3.05, 3.63) is 41.7 Å². The topological polar surface area (TPSA) is 55.0 Å². The van der Waals surface area contributed by atoms with E-state index in [1.165, 1.54) is 5.56 Å². The molecule has 0 atom stereocenters. The standard InChI is InChI=1S/C16H22N4/c1-11-7-6-8-12(9-11)20(5)14-10-13(17)18-15(19-14)16(2,3)4/h6-10H,1-5H3,(H2,17,18,19). The lowest BCUT2D eigenvalue weighted by atomic mass is 9.96. The van der Waals surface area contributed by atoms with Crippen molar-refractivity contribution < 1.29 is 0 Å². The second kappa shape index (κ2) is 5.12. The number of hydrogen-bond donors (Lipinski definition) is 1. The van der Waals surface area contributed by atoms with Crippen molar-refractivity contribution in [3.8, 4) is 0 Å². The monoisotopic (exact) mass is 270 g/mol. The summed E-state index contributed by atoms with van der Waals surface area (Å²) in [4.78, 5) is 11.0. The van der Waals surface area contributed by atoms with E-state index in [0.717, 1.165) is 17.3 Å². The third-order valence-corrected chi connectivity index (χ3v) is 3.14. The Morgan fingerprint density at radius 2 is 1.80 bits per heavy atom. The zero-order chi connectivity index (χ0) is 14.9. The second-order valence-corrected chi connectivity index (χ2v) is 6.12. The van der Waals surface area contributed by atoms with E-state index in [0.29, 0.717) is 5.82 Å². The molecule has 0 saturated carbocycles. The van der Waals surface area contributed by atoms with Crippen molar-refractivity contribution in [2.45, 2.75) is 33.1 Å². The molecule has 1 aromatic carbocycles. The molecule has 4 heteroatoms. The van der Waals surface area contributed by atoms with Crippen LogP contribution in [0.25, 0.3) is 0 Å². The molecule has 0 aliphatic rings. The van der Waals surface area contributed by atoms with Crippen molar-refractivity contribution in [1.82, 2.24) is 9.97 Å². The first-order chi connectivity index (χ1) is 9.27. The lowest BCUT2D eigenvalue weighted by Crippen LogP contribution is -2.20. The summed E-state index contributed by atoms with van der Waals surface area (Å²) < 4.78 is 0. The van der Waals surface area contributed by atoms with Crippen molar-refractivity contribution in [1.29, 1.82) is 0 Å². The first-order valence-electron chi connectivity index (χ1n) is 6.73. The average molecular weight is 270 g/mol. The van der Waals surface area contributed by atoms with Crippen LogP contribution < -0.4 is 10.6 Å². The summed E-state index contributed by atoms with van der Waals surface area (Å²) in [6.45, 7) is 8.32. The van der Waals surface area contributed by atoms with Crippen molar-refractivity contribution in [3.63, 3.8) is 0 Å². The molecule has 0 bridgehead atoms. The highest BCUT2D eigenvalue weighted by molar-refractivity contribution is 5.62. The number of benzene rings is 1. The SMILES string of the molecule is Cc1cccc(N(C)c2cc(N)nc(C(C)(C)C)n2)c1. The highest BCUT2D eigenvalue weighted by Crippen LogP contribution is 2.27. The molecule has 0 unspecified atom stereocenters. The third kappa shape index (κ3) is 3.07. The van der Waals surface area contributed by atoms with Crippen LogP contribution >= 0.6 is 0 Å². The zero-order valence-corrected chi connectivity index (χ0v) is 12.8. The number of nitrogen functional groups attached to an aromatic ring is 1. The van der Waals surface area contributed by atoms with Crippen molar-refractivity contribution in [2.75, 3.05) is 17.7 Å². The van der Waals surface area contributed by atoms with Crippen LogP contribution in [-0.2, 0) is 5.41 Å². The Hall–Kier alpha value is -2.10. The van der Waals surface area contributed by atoms with Gasteiger partial charge in [-0.05, 0) is 24.6 Å². The fraction of sp³-hybridized carbons (Fsp3) is 0.375. The van der Waals surface area contributed by atoms with Gasteiger partial charge in [-0.25, -0.2) is 9.97 Å². The Bertz CT molecular complexity index is 614. The summed E-state index contributed by atoms with van der Waals surface area (Å²) in [5.74, 6) is 2.07. The van der Waals surface area contributed by atoms with Gasteiger partial charge in [-0.1, -0.05) is 32.9 Å². The smallest absolute Gasteiger partial charge is 0.138 e. The number of nitrogens with two attached hydrogens (primary N) is 1. The van der Waals surface area contributed by atoms with Crippen LogP contribution in [0, 0.1) is 6.92 Å². The normalized spacial score (nSPS) is 11.4. The van der Waals surface area contributed by atoms with Gasteiger partial charge in [-0.3, -0.25) is 0 Å². The van der Waals surface area contributed by atoms with Gasteiger partial charge in [-0.2, -0.15) is 0 Å². The first-order valence-corrected chi connectivity index (χ1v) is 6.73. The second-order valence-electron chi connectivity index (χ2n) is 6.12. The van der Waals surface area contributed by atoms with E-state index in [1.54, 1.807) is 6.07 Å². The molecule has 2 rings (SSSR count). The summed E-state index contributed by atoms with van der Waals surface area (Å²) in [7, 11) is 1.99. The maximum absolute atomic E-state index is 5.92. The predicted molar refractivity (Wildman–Crippen MR) is 84.4 cm³/mol. The first kappa shape index (κ1) is 14.3. The Kier molecular flexibility index (Phi) is 3.66. The molecule has 2 aromatic rings. The maximum atomic E-state index is 5.92. The zero-order valence-electron chi connectivity index (χ0n) is 12.8. The molecule has 0 aliphatic heterocycles. The Morgan fingerprint density at radius 1 is 1.10 bits per heavy atom. The number of aromatic nitrogens is 2. The number of hydrogen-bond acceptors (Lipinski definition) is 4. The number of nitrogens with zero attached hydrogens (tertiary/aromatic N) is 3. The van der Waals surface area contributed by atoms with Gasteiger partial charge >= 0.3 is 0 Å². The molecule has 4 nitrogen and oxygen atoms in total. The van der Waals surface area contributed by atoms with Crippen molar-refractivity contribution in [2.24, 2.45) is 0 Å². The molecule has 0 aliphatic carbocycles.